The van der Waals surface area contributed by atoms with Gasteiger partial charge in [0.1, 0.15) is 6.04 Å². The number of carboxylic acids is 1. The number of alkyl halides is 3. The predicted octanol–water partition coefficient (Wildman–Crippen LogP) is 2.70. The highest BCUT2D eigenvalue weighted by atomic mass is 19.4. The molecule has 1 saturated heterocycles. The summed E-state index contributed by atoms with van der Waals surface area (Å²) in [7, 11) is 0. The zero-order valence-corrected chi connectivity index (χ0v) is 11.4. The van der Waals surface area contributed by atoms with E-state index in [4.69, 9.17) is 10.2 Å². The molecule has 1 amide bonds. The fourth-order valence-electron chi connectivity index (χ4n) is 2.68. The monoisotopic (exact) mass is 317 g/mol. The van der Waals surface area contributed by atoms with E-state index in [9.17, 15) is 22.8 Å². The van der Waals surface area contributed by atoms with Crippen molar-refractivity contribution in [3.05, 3.63) is 35.4 Å². The summed E-state index contributed by atoms with van der Waals surface area (Å²) in [6.45, 7) is 0.0628. The molecule has 2 atom stereocenters. The average molecular weight is 317 g/mol. The Hall–Kier alpha value is -2.25. The van der Waals surface area contributed by atoms with Crippen LogP contribution in [0.5, 0.6) is 0 Å². The van der Waals surface area contributed by atoms with Crippen LogP contribution in [0.25, 0.3) is 0 Å². The number of likely N-dealkylation sites (tertiary alicyclic amines) is 1. The highest BCUT2D eigenvalue weighted by Gasteiger charge is 2.39. The smallest absolute Gasteiger partial charge is 0.416 e. The summed E-state index contributed by atoms with van der Waals surface area (Å²) in [6, 6.07) is 3.50. The number of nitrogens with zero attached hydrogens (tertiary/aromatic N) is 1. The van der Waals surface area contributed by atoms with Gasteiger partial charge in [-0.2, -0.15) is 13.2 Å². The van der Waals surface area contributed by atoms with E-state index in [-0.39, 0.29) is 18.9 Å². The van der Waals surface area contributed by atoms with Crippen molar-refractivity contribution in [2.45, 2.75) is 25.1 Å². The van der Waals surface area contributed by atoms with E-state index in [1.54, 1.807) is 0 Å². The van der Waals surface area contributed by atoms with Gasteiger partial charge in [0.15, 0.2) is 0 Å². The van der Waals surface area contributed by atoms with Gasteiger partial charge in [0.25, 0.3) is 0 Å². The van der Waals surface area contributed by atoms with Crippen molar-refractivity contribution < 1.29 is 33.0 Å². The third kappa shape index (κ3) is 3.49. The molecule has 0 unspecified atom stereocenters. The first kappa shape index (κ1) is 16.1. The summed E-state index contributed by atoms with van der Waals surface area (Å²) in [5.74, 6) is -1.44. The lowest BCUT2D eigenvalue weighted by Gasteiger charge is -2.16. The predicted molar refractivity (Wildman–Crippen MR) is 69.4 cm³/mol. The molecule has 1 heterocycles. The third-order valence-electron chi connectivity index (χ3n) is 3.72. The van der Waals surface area contributed by atoms with Crippen LogP contribution >= 0.6 is 0 Å². The van der Waals surface area contributed by atoms with Crippen molar-refractivity contribution in [2.75, 3.05) is 6.54 Å². The number of hydrogen-bond donors (Lipinski definition) is 2. The second-order valence-corrected chi connectivity index (χ2v) is 5.29. The highest BCUT2D eigenvalue weighted by Crippen LogP contribution is 2.31. The van der Waals surface area contributed by atoms with Gasteiger partial charge < -0.3 is 10.2 Å². The minimum atomic E-state index is -4.40. The number of aliphatic carboxylic acids is 1. The van der Waals surface area contributed by atoms with Gasteiger partial charge in [-0.3, -0.25) is 4.90 Å². The fourth-order valence-corrected chi connectivity index (χ4v) is 2.68. The molecule has 0 spiro atoms. The van der Waals surface area contributed by atoms with Gasteiger partial charge in [0.2, 0.25) is 0 Å². The van der Waals surface area contributed by atoms with Crippen LogP contribution in [0.3, 0.4) is 0 Å². The molecule has 2 rings (SSSR count). The van der Waals surface area contributed by atoms with Gasteiger partial charge in [0, 0.05) is 6.54 Å². The molecule has 0 bridgehead atoms. The Labute approximate surface area is 124 Å². The maximum Gasteiger partial charge on any atom is 0.416 e. The zero-order chi connectivity index (χ0) is 16.5. The van der Waals surface area contributed by atoms with E-state index in [0.29, 0.717) is 12.0 Å². The van der Waals surface area contributed by atoms with Crippen LogP contribution in [-0.2, 0) is 17.4 Å². The Morgan fingerprint density at radius 2 is 1.77 bits per heavy atom. The van der Waals surface area contributed by atoms with Crippen LogP contribution in [0, 0.1) is 5.92 Å². The molecule has 0 aliphatic carbocycles. The maximum atomic E-state index is 12.5. The molecule has 5 nitrogen and oxygen atoms in total. The Bertz CT molecular complexity index is 548. The lowest BCUT2D eigenvalue weighted by atomic mass is 9.96. The van der Waals surface area contributed by atoms with Gasteiger partial charge in [-0.05, 0) is 36.5 Å². The van der Waals surface area contributed by atoms with E-state index < -0.39 is 29.8 Å². The lowest BCUT2D eigenvalue weighted by Crippen LogP contribution is -2.39. The Kier molecular flexibility index (Phi) is 4.30. The molecular weight excluding hydrogens is 303 g/mol. The average Bonchev–Trinajstić information content (AvgIpc) is 2.82. The molecule has 1 aliphatic heterocycles. The summed E-state index contributed by atoms with van der Waals surface area (Å²) in [6.07, 6.45) is -5.21. The standard InChI is InChI=1S/C14H14F3NO4/c15-14(16,17)10-3-1-8(2-4-10)5-9-6-11(12(19)20)18(7-9)13(21)22/h1-4,9,11H,5-7H2,(H,19,20)(H,21,22)/t9-,11+/m1/s1. The van der Waals surface area contributed by atoms with Crippen LogP contribution < -0.4 is 0 Å². The molecule has 22 heavy (non-hydrogen) atoms. The van der Waals surface area contributed by atoms with E-state index in [1.807, 2.05) is 0 Å². The largest absolute Gasteiger partial charge is 0.480 e. The van der Waals surface area contributed by atoms with E-state index in [2.05, 4.69) is 0 Å². The van der Waals surface area contributed by atoms with Crippen molar-refractivity contribution in [1.82, 2.24) is 4.90 Å². The van der Waals surface area contributed by atoms with Crippen LogP contribution in [0.2, 0.25) is 0 Å². The number of rotatable bonds is 3. The molecule has 8 heteroatoms. The second kappa shape index (κ2) is 5.86. The van der Waals surface area contributed by atoms with Crippen molar-refractivity contribution in [1.29, 1.82) is 0 Å². The van der Waals surface area contributed by atoms with Crippen LogP contribution in [-0.4, -0.2) is 39.8 Å². The molecule has 2 N–H and O–H groups in total. The normalized spacial score (nSPS) is 21.9. The maximum absolute atomic E-state index is 12.5. The minimum absolute atomic E-state index is 0.0628. The number of benzene rings is 1. The molecule has 0 radical (unpaired) electrons. The van der Waals surface area contributed by atoms with E-state index in [0.717, 1.165) is 17.0 Å². The van der Waals surface area contributed by atoms with Crippen molar-refractivity contribution in [3.63, 3.8) is 0 Å². The number of hydrogen-bond acceptors (Lipinski definition) is 2. The van der Waals surface area contributed by atoms with Crippen LogP contribution in [0.15, 0.2) is 24.3 Å². The van der Waals surface area contributed by atoms with Crippen molar-refractivity contribution in [3.8, 4) is 0 Å². The first-order valence-corrected chi connectivity index (χ1v) is 6.57. The number of amides is 1. The molecule has 1 aliphatic rings. The molecule has 1 aromatic carbocycles. The zero-order valence-electron chi connectivity index (χ0n) is 11.4. The molecule has 120 valence electrons. The minimum Gasteiger partial charge on any atom is -0.480 e. The lowest BCUT2D eigenvalue weighted by molar-refractivity contribution is -0.141. The Morgan fingerprint density at radius 1 is 1.18 bits per heavy atom. The summed E-state index contributed by atoms with van der Waals surface area (Å²) in [5.41, 5.74) is -0.132. The van der Waals surface area contributed by atoms with Crippen LogP contribution in [0.1, 0.15) is 17.5 Å². The topological polar surface area (TPSA) is 77.8 Å². The summed E-state index contributed by atoms with van der Waals surface area (Å²) in [4.78, 5) is 22.9. The first-order chi connectivity index (χ1) is 10.2. The molecular formula is C14H14F3NO4. The van der Waals surface area contributed by atoms with Crippen molar-refractivity contribution >= 4 is 12.1 Å². The van der Waals surface area contributed by atoms with Gasteiger partial charge in [0.05, 0.1) is 5.56 Å². The van der Waals surface area contributed by atoms with Gasteiger partial charge in [-0.15, -0.1) is 0 Å². The summed E-state index contributed by atoms with van der Waals surface area (Å²) < 4.78 is 37.4. The summed E-state index contributed by atoms with van der Waals surface area (Å²) >= 11 is 0. The number of halogens is 3. The number of carboxylic acid groups (broad SMARTS) is 2. The molecule has 1 fully saturated rings. The van der Waals surface area contributed by atoms with Gasteiger partial charge in [-0.1, -0.05) is 12.1 Å². The number of carbonyl (C=O) groups is 2. The quantitative estimate of drug-likeness (QED) is 0.898. The van der Waals surface area contributed by atoms with Crippen molar-refractivity contribution in [2.24, 2.45) is 5.92 Å². The Balaban J connectivity index is 2.05. The van der Waals surface area contributed by atoms with Gasteiger partial charge >= 0.3 is 18.2 Å². The third-order valence-corrected chi connectivity index (χ3v) is 3.72. The second-order valence-electron chi connectivity index (χ2n) is 5.29. The van der Waals surface area contributed by atoms with E-state index >= 15 is 0 Å². The first-order valence-electron chi connectivity index (χ1n) is 6.57. The SMILES string of the molecule is O=C(O)[C@@H]1C[C@@H](Cc2ccc(C(F)(F)F)cc2)CN1C(=O)O. The molecule has 0 aromatic heterocycles. The molecule has 1 aromatic rings. The highest BCUT2D eigenvalue weighted by molar-refractivity contribution is 5.80. The van der Waals surface area contributed by atoms with Crippen LogP contribution in [0.4, 0.5) is 18.0 Å². The fraction of sp³-hybridized carbons (Fsp3) is 0.429. The summed E-state index contributed by atoms with van der Waals surface area (Å²) in [5, 5.41) is 18.0. The van der Waals surface area contributed by atoms with Gasteiger partial charge in [-0.25, -0.2) is 9.59 Å². The van der Waals surface area contributed by atoms with E-state index in [1.165, 1.54) is 12.1 Å². The Morgan fingerprint density at radius 3 is 2.18 bits per heavy atom. The molecule has 0 saturated carbocycles.